The van der Waals surface area contributed by atoms with E-state index in [-0.39, 0.29) is 29.0 Å². The van der Waals surface area contributed by atoms with E-state index in [1.807, 2.05) is 6.08 Å². The van der Waals surface area contributed by atoms with Crippen molar-refractivity contribution in [2.45, 2.75) is 52.0 Å². The van der Waals surface area contributed by atoms with Gasteiger partial charge in [0.15, 0.2) is 5.78 Å². The first-order valence-electron chi connectivity index (χ1n) is 9.69. The van der Waals surface area contributed by atoms with E-state index in [2.05, 4.69) is 19.2 Å². The molecule has 3 saturated carbocycles. The molecule has 2 N–H and O–H groups in total. The first-order valence-corrected chi connectivity index (χ1v) is 9.69. The molecule has 27 heavy (non-hydrogen) atoms. The maximum atomic E-state index is 12.5. The Balaban J connectivity index is 1.74. The van der Waals surface area contributed by atoms with E-state index in [9.17, 15) is 19.2 Å². The van der Waals surface area contributed by atoms with Gasteiger partial charge in [0.1, 0.15) is 5.78 Å². The summed E-state index contributed by atoms with van der Waals surface area (Å²) in [5.41, 5.74) is 0.0907. The average molecular weight is 371 g/mol. The molecular formula is C21H25NO5. The SMILES string of the molecule is C[C@]12C=CC(=O)C=C1C(NC(=O)C(=O)O)C[C@@H]1[C@@H]2CC[C@]2(C)C(=O)CC[C@@H]12. The molecule has 6 nitrogen and oxygen atoms in total. The maximum Gasteiger partial charge on any atom is 0.394 e. The molecule has 0 spiro atoms. The quantitative estimate of drug-likeness (QED) is 0.687. The van der Waals surface area contributed by atoms with Crippen LogP contribution >= 0.6 is 0 Å². The van der Waals surface area contributed by atoms with E-state index in [4.69, 9.17) is 5.11 Å². The highest BCUT2D eigenvalue weighted by Gasteiger charge is 2.60. The lowest BCUT2D eigenvalue weighted by Crippen LogP contribution is -2.57. The molecule has 144 valence electrons. The van der Waals surface area contributed by atoms with E-state index in [0.717, 1.165) is 24.8 Å². The fourth-order valence-electron chi connectivity index (χ4n) is 6.41. The Hall–Kier alpha value is -2.24. The number of rotatable bonds is 1. The molecule has 0 aromatic rings. The molecule has 0 aromatic heterocycles. The normalized spacial score (nSPS) is 42.7. The van der Waals surface area contributed by atoms with Crippen LogP contribution in [0.3, 0.4) is 0 Å². The Labute approximate surface area is 158 Å². The summed E-state index contributed by atoms with van der Waals surface area (Å²) < 4.78 is 0. The molecule has 0 bridgehead atoms. The van der Waals surface area contributed by atoms with Crippen LogP contribution in [0.2, 0.25) is 0 Å². The summed E-state index contributed by atoms with van der Waals surface area (Å²) in [7, 11) is 0. The van der Waals surface area contributed by atoms with Crippen molar-refractivity contribution < 1.29 is 24.3 Å². The summed E-state index contributed by atoms with van der Waals surface area (Å²) in [6, 6.07) is -0.494. The minimum atomic E-state index is -1.53. The first-order chi connectivity index (χ1) is 12.7. The van der Waals surface area contributed by atoms with E-state index in [1.54, 1.807) is 12.2 Å². The number of fused-ring (bicyclic) bond motifs is 5. The van der Waals surface area contributed by atoms with Gasteiger partial charge in [0, 0.05) is 17.3 Å². The highest BCUT2D eigenvalue weighted by Crippen LogP contribution is 2.63. The van der Waals surface area contributed by atoms with Gasteiger partial charge in [-0.1, -0.05) is 19.9 Å². The van der Waals surface area contributed by atoms with Crippen LogP contribution < -0.4 is 5.32 Å². The zero-order chi connectivity index (χ0) is 19.6. The highest BCUT2D eigenvalue weighted by molar-refractivity contribution is 6.31. The molecule has 0 saturated heterocycles. The summed E-state index contributed by atoms with van der Waals surface area (Å²) >= 11 is 0. The van der Waals surface area contributed by atoms with Gasteiger partial charge in [-0.2, -0.15) is 0 Å². The van der Waals surface area contributed by atoms with Crippen LogP contribution in [-0.4, -0.2) is 34.6 Å². The molecule has 0 aliphatic heterocycles. The largest absolute Gasteiger partial charge is 0.474 e. The van der Waals surface area contributed by atoms with Crippen molar-refractivity contribution in [3.05, 3.63) is 23.8 Å². The van der Waals surface area contributed by atoms with Gasteiger partial charge in [0.25, 0.3) is 0 Å². The number of carboxylic acid groups (broad SMARTS) is 1. The number of Topliss-reactive ketones (excluding diaryl/α,β-unsaturated/α-hetero) is 1. The second-order valence-corrected chi connectivity index (χ2v) is 8.98. The molecule has 6 heteroatoms. The summed E-state index contributed by atoms with van der Waals surface area (Å²) in [5.74, 6) is -1.63. The molecule has 4 rings (SSSR count). The van der Waals surface area contributed by atoms with E-state index >= 15 is 0 Å². The Bertz CT molecular complexity index is 811. The van der Waals surface area contributed by atoms with Gasteiger partial charge in [0.2, 0.25) is 0 Å². The minimum absolute atomic E-state index is 0.132. The number of nitrogens with one attached hydrogen (secondary N) is 1. The van der Waals surface area contributed by atoms with Gasteiger partial charge in [-0.05, 0) is 61.2 Å². The standard InChI is InChI=1S/C21H25NO5/c1-20-7-5-11(23)9-15(20)16(22-18(25)19(26)27)10-12-13-3-4-17(24)21(13,2)8-6-14(12)20/h5,7,9,12-14,16H,3-4,6,8,10H2,1-2H3,(H,22,25)(H,26,27)/t12-,13-,14-,16?,20+,21-/m0/s1. The molecule has 0 heterocycles. The van der Waals surface area contributed by atoms with Crippen LogP contribution in [0, 0.1) is 28.6 Å². The van der Waals surface area contributed by atoms with Crippen LogP contribution in [0.5, 0.6) is 0 Å². The van der Waals surface area contributed by atoms with Crippen molar-refractivity contribution in [2.24, 2.45) is 28.6 Å². The number of ketones is 2. The van der Waals surface area contributed by atoms with Crippen molar-refractivity contribution in [3.8, 4) is 0 Å². The van der Waals surface area contributed by atoms with Crippen LogP contribution in [-0.2, 0) is 19.2 Å². The summed E-state index contributed by atoms with van der Waals surface area (Å²) in [4.78, 5) is 47.5. The minimum Gasteiger partial charge on any atom is -0.474 e. The molecule has 4 aliphatic carbocycles. The molecule has 0 radical (unpaired) electrons. The summed E-state index contributed by atoms with van der Waals surface area (Å²) in [5, 5.41) is 11.6. The third kappa shape index (κ3) is 2.52. The van der Waals surface area contributed by atoms with Gasteiger partial charge in [-0.15, -0.1) is 0 Å². The van der Waals surface area contributed by atoms with Crippen molar-refractivity contribution in [2.75, 3.05) is 0 Å². The fraction of sp³-hybridized carbons (Fsp3) is 0.619. The van der Waals surface area contributed by atoms with Gasteiger partial charge >= 0.3 is 11.9 Å². The van der Waals surface area contributed by atoms with Crippen molar-refractivity contribution in [1.82, 2.24) is 5.32 Å². The lowest BCUT2D eigenvalue weighted by molar-refractivity contribution is -0.150. The van der Waals surface area contributed by atoms with Crippen LogP contribution in [0.1, 0.15) is 46.0 Å². The lowest BCUT2D eigenvalue weighted by Gasteiger charge is -2.57. The maximum absolute atomic E-state index is 12.5. The van der Waals surface area contributed by atoms with Gasteiger partial charge in [-0.25, -0.2) is 4.79 Å². The molecule has 6 atom stereocenters. The van der Waals surface area contributed by atoms with Gasteiger partial charge < -0.3 is 10.4 Å². The van der Waals surface area contributed by atoms with Gasteiger partial charge in [-0.3, -0.25) is 14.4 Å². The Morgan fingerprint density at radius 1 is 1.19 bits per heavy atom. The van der Waals surface area contributed by atoms with Crippen LogP contribution in [0.4, 0.5) is 0 Å². The lowest BCUT2D eigenvalue weighted by atomic mass is 9.47. The second kappa shape index (κ2) is 5.88. The Morgan fingerprint density at radius 3 is 2.63 bits per heavy atom. The molecule has 1 unspecified atom stereocenters. The monoisotopic (exact) mass is 371 g/mol. The molecule has 4 aliphatic rings. The summed E-state index contributed by atoms with van der Waals surface area (Å²) in [6.45, 7) is 4.15. The first kappa shape index (κ1) is 18.1. The van der Waals surface area contributed by atoms with E-state index in [1.165, 1.54) is 0 Å². The van der Waals surface area contributed by atoms with Gasteiger partial charge in [0.05, 0.1) is 6.04 Å². The Kier molecular flexibility index (Phi) is 3.95. The van der Waals surface area contributed by atoms with E-state index in [0.29, 0.717) is 18.6 Å². The Morgan fingerprint density at radius 2 is 1.93 bits per heavy atom. The fourth-order valence-corrected chi connectivity index (χ4v) is 6.41. The number of carbonyl (C=O) groups is 4. The number of allylic oxidation sites excluding steroid dienone is 3. The number of hydrogen-bond donors (Lipinski definition) is 2. The van der Waals surface area contributed by atoms with Crippen LogP contribution in [0.25, 0.3) is 0 Å². The van der Waals surface area contributed by atoms with Crippen molar-refractivity contribution in [1.29, 1.82) is 0 Å². The van der Waals surface area contributed by atoms with E-state index < -0.39 is 23.3 Å². The number of amides is 1. The zero-order valence-corrected chi connectivity index (χ0v) is 15.7. The topological polar surface area (TPSA) is 101 Å². The number of hydrogen-bond acceptors (Lipinski definition) is 4. The molecule has 3 fully saturated rings. The molecule has 0 aromatic carbocycles. The zero-order valence-electron chi connectivity index (χ0n) is 15.7. The number of aliphatic carboxylic acids is 1. The predicted octanol–water partition coefficient (Wildman–Crippen LogP) is 2.04. The van der Waals surface area contributed by atoms with Crippen molar-refractivity contribution >= 4 is 23.4 Å². The van der Waals surface area contributed by atoms with Crippen LogP contribution in [0.15, 0.2) is 23.8 Å². The average Bonchev–Trinajstić information content (AvgIpc) is 2.91. The third-order valence-electron chi connectivity index (χ3n) is 7.81. The highest BCUT2D eigenvalue weighted by atomic mass is 16.4. The second-order valence-electron chi connectivity index (χ2n) is 8.98. The number of carboxylic acids is 1. The summed E-state index contributed by atoms with van der Waals surface area (Å²) in [6.07, 6.45) is 8.87. The molecular weight excluding hydrogens is 346 g/mol. The number of carbonyl (C=O) groups excluding carboxylic acids is 3. The van der Waals surface area contributed by atoms with Crippen molar-refractivity contribution in [3.63, 3.8) is 0 Å². The molecule has 1 amide bonds. The third-order valence-corrected chi connectivity index (χ3v) is 7.81. The smallest absolute Gasteiger partial charge is 0.394 e. The predicted molar refractivity (Wildman–Crippen MR) is 96.6 cm³/mol.